The molecular weight excluding hydrogens is 516 g/mol. The smallest absolute Gasteiger partial charge is 0.203 e. The summed E-state index contributed by atoms with van der Waals surface area (Å²) < 4.78 is 33.1. The maximum absolute atomic E-state index is 10.7. The predicted octanol–water partition coefficient (Wildman–Crippen LogP) is 0.457. The summed E-state index contributed by atoms with van der Waals surface area (Å²) in [6.07, 6.45) is -4.22. The monoisotopic (exact) mass is 550 g/mol. The van der Waals surface area contributed by atoms with E-state index in [-0.39, 0.29) is 24.7 Å². The van der Waals surface area contributed by atoms with Crippen LogP contribution in [0.25, 0.3) is 6.08 Å². The number of hydrogen-bond acceptors (Lipinski definition) is 12. The fraction of sp³-hybridized carbons (Fsp3) is 0.481. The Morgan fingerprint density at radius 1 is 0.872 bits per heavy atom. The van der Waals surface area contributed by atoms with Crippen molar-refractivity contribution in [2.75, 3.05) is 41.2 Å². The van der Waals surface area contributed by atoms with Crippen LogP contribution in [0.2, 0.25) is 0 Å². The number of methoxy groups -OCH3 is 3. The maximum Gasteiger partial charge on any atom is 0.203 e. The number of phenolic OH excluding ortho intramolecular Hbond substituents is 1. The Hall–Kier alpha value is -3.10. The van der Waals surface area contributed by atoms with Crippen LogP contribution in [-0.4, -0.2) is 102 Å². The van der Waals surface area contributed by atoms with Gasteiger partial charge in [-0.05, 0) is 29.8 Å². The van der Waals surface area contributed by atoms with Gasteiger partial charge in [-0.3, -0.25) is 0 Å². The van der Waals surface area contributed by atoms with Gasteiger partial charge in [0.2, 0.25) is 5.75 Å². The Kier molecular flexibility index (Phi) is 9.18. The number of ether oxygens (including phenoxy) is 6. The molecule has 0 aliphatic carbocycles. The minimum absolute atomic E-state index is 0.0471. The second-order valence-corrected chi connectivity index (χ2v) is 9.18. The Morgan fingerprint density at radius 2 is 1.56 bits per heavy atom. The van der Waals surface area contributed by atoms with Crippen molar-refractivity contribution in [1.29, 1.82) is 0 Å². The Labute approximate surface area is 225 Å². The summed E-state index contributed by atoms with van der Waals surface area (Å²) in [5.41, 5.74) is 1.85. The molecule has 2 aliphatic rings. The van der Waals surface area contributed by atoms with Gasteiger partial charge in [-0.15, -0.1) is 0 Å². The Morgan fingerprint density at radius 3 is 2.15 bits per heavy atom. The zero-order valence-corrected chi connectivity index (χ0v) is 21.8. The van der Waals surface area contributed by atoms with Gasteiger partial charge in [0.15, 0.2) is 29.3 Å². The molecule has 0 radical (unpaired) electrons. The molecule has 214 valence electrons. The largest absolute Gasteiger partial charge is 0.504 e. The van der Waals surface area contributed by atoms with E-state index < -0.39 is 49.3 Å². The lowest BCUT2D eigenvalue weighted by Gasteiger charge is -2.39. The predicted molar refractivity (Wildman–Crippen MR) is 136 cm³/mol. The second-order valence-electron chi connectivity index (χ2n) is 9.18. The highest BCUT2D eigenvalue weighted by Crippen LogP contribution is 2.52. The van der Waals surface area contributed by atoms with Crippen molar-refractivity contribution in [3.63, 3.8) is 0 Å². The van der Waals surface area contributed by atoms with Gasteiger partial charge in [-0.25, -0.2) is 0 Å². The molecule has 39 heavy (non-hydrogen) atoms. The summed E-state index contributed by atoms with van der Waals surface area (Å²) in [6, 6.07) is 6.73. The minimum atomic E-state index is -1.53. The summed E-state index contributed by atoms with van der Waals surface area (Å²) >= 11 is 0. The molecule has 0 saturated carbocycles. The topological polar surface area (TPSA) is 177 Å². The second kappa shape index (κ2) is 12.4. The SMILES string of the molecule is COc1cc(C2Oc3c(O)cc(C=CCOC4OC(CO)C(O)C(O)C4O)cc3C2CO)cc(OC)c1OC. The molecule has 2 aliphatic heterocycles. The molecule has 0 spiro atoms. The van der Waals surface area contributed by atoms with Crippen LogP contribution in [0.15, 0.2) is 30.3 Å². The lowest BCUT2D eigenvalue weighted by Crippen LogP contribution is -2.59. The number of aliphatic hydroxyl groups excluding tert-OH is 5. The normalized spacial score (nSPS) is 28.3. The first-order chi connectivity index (χ1) is 18.8. The number of fused-ring (bicyclic) bond motifs is 1. The van der Waals surface area contributed by atoms with Crippen LogP contribution in [0.5, 0.6) is 28.7 Å². The molecule has 0 aromatic heterocycles. The van der Waals surface area contributed by atoms with Crippen molar-refractivity contribution in [3.8, 4) is 28.7 Å². The number of aromatic hydroxyl groups is 1. The highest BCUT2D eigenvalue weighted by Gasteiger charge is 2.44. The number of benzene rings is 2. The van der Waals surface area contributed by atoms with Crippen LogP contribution in [-0.2, 0) is 9.47 Å². The van der Waals surface area contributed by atoms with Crippen LogP contribution in [0.3, 0.4) is 0 Å². The van der Waals surface area contributed by atoms with Gasteiger partial charge in [0.1, 0.15) is 30.5 Å². The third-order valence-electron chi connectivity index (χ3n) is 6.86. The van der Waals surface area contributed by atoms with Gasteiger partial charge < -0.3 is 59.1 Å². The van der Waals surface area contributed by atoms with Crippen molar-refractivity contribution in [3.05, 3.63) is 47.0 Å². The van der Waals surface area contributed by atoms with E-state index in [0.29, 0.717) is 33.9 Å². The Bertz CT molecular complexity index is 1140. The molecule has 0 amide bonds. The van der Waals surface area contributed by atoms with Crippen molar-refractivity contribution in [2.45, 2.75) is 42.7 Å². The molecule has 1 saturated heterocycles. The van der Waals surface area contributed by atoms with Crippen LogP contribution >= 0.6 is 0 Å². The van der Waals surface area contributed by atoms with Crippen LogP contribution < -0.4 is 18.9 Å². The fourth-order valence-electron chi connectivity index (χ4n) is 4.83. The number of hydrogen-bond donors (Lipinski definition) is 6. The number of aliphatic hydroxyl groups is 5. The first-order valence-electron chi connectivity index (χ1n) is 12.3. The molecule has 1 fully saturated rings. The summed E-state index contributed by atoms with van der Waals surface area (Å²) in [7, 11) is 4.50. The number of phenols is 1. The van der Waals surface area contributed by atoms with E-state index in [1.807, 2.05) is 0 Å². The zero-order chi connectivity index (χ0) is 28.3. The van der Waals surface area contributed by atoms with Gasteiger partial charge in [-0.2, -0.15) is 0 Å². The third-order valence-corrected chi connectivity index (χ3v) is 6.86. The van der Waals surface area contributed by atoms with Crippen molar-refractivity contribution in [2.24, 2.45) is 0 Å². The van der Waals surface area contributed by atoms with Crippen molar-refractivity contribution < 1.29 is 59.1 Å². The highest BCUT2D eigenvalue weighted by molar-refractivity contribution is 5.62. The molecule has 12 heteroatoms. The van der Waals surface area contributed by atoms with E-state index in [1.165, 1.54) is 27.4 Å². The summed E-state index contributed by atoms with van der Waals surface area (Å²) in [5, 5.41) is 60.1. The Balaban J connectivity index is 1.51. The molecule has 12 nitrogen and oxygen atoms in total. The molecule has 7 unspecified atom stereocenters. The van der Waals surface area contributed by atoms with Crippen LogP contribution in [0.4, 0.5) is 0 Å². The van der Waals surface area contributed by atoms with Crippen LogP contribution in [0, 0.1) is 0 Å². The van der Waals surface area contributed by atoms with E-state index >= 15 is 0 Å². The van der Waals surface area contributed by atoms with Gasteiger partial charge in [-0.1, -0.05) is 12.2 Å². The molecule has 4 rings (SSSR count). The van der Waals surface area contributed by atoms with Gasteiger partial charge >= 0.3 is 0 Å². The lowest BCUT2D eigenvalue weighted by molar-refractivity contribution is -0.298. The minimum Gasteiger partial charge on any atom is -0.504 e. The third kappa shape index (κ3) is 5.63. The fourth-order valence-corrected chi connectivity index (χ4v) is 4.83. The average molecular weight is 551 g/mol. The first kappa shape index (κ1) is 28.9. The summed E-state index contributed by atoms with van der Waals surface area (Å²) in [5.74, 6) is 0.900. The molecule has 2 aromatic carbocycles. The quantitative estimate of drug-likeness (QED) is 0.241. The highest BCUT2D eigenvalue weighted by atomic mass is 16.7. The lowest BCUT2D eigenvalue weighted by atomic mass is 9.90. The molecular formula is C27H34O12. The maximum atomic E-state index is 10.7. The van der Waals surface area contributed by atoms with E-state index in [4.69, 9.17) is 28.4 Å². The van der Waals surface area contributed by atoms with E-state index in [1.54, 1.807) is 30.4 Å². The summed E-state index contributed by atoms with van der Waals surface area (Å²) in [4.78, 5) is 0. The van der Waals surface area contributed by atoms with Gasteiger partial charge in [0.05, 0.1) is 47.1 Å². The molecule has 2 aromatic rings. The van der Waals surface area contributed by atoms with Gasteiger partial charge in [0, 0.05) is 11.1 Å². The van der Waals surface area contributed by atoms with Crippen molar-refractivity contribution >= 4 is 6.08 Å². The van der Waals surface area contributed by atoms with Crippen LogP contribution in [0.1, 0.15) is 28.7 Å². The first-order valence-corrected chi connectivity index (χ1v) is 12.3. The van der Waals surface area contributed by atoms with Gasteiger partial charge in [0.25, 0.3) is 0 Å². The average Bonchev–Trinajstić information content (AvgIpc) is 3.33. The van der Waals surface area contributed by atoms with E-state index in [9.17, 15) is 30.6 Å². The van der Waals surface area contributed by atoms with E-state index in [0.717, 1.165) is 0 Å². The summed E-state index contributed by atoms with van der Waals surface area (Å²) in [6.45, 7) is -0.865. The molecule has 0 bridgehead atoms. The van der Waals surface area contributed by atoms with E-state index in [2.05, 4.69) is 0 Å². The molecule has 2 heterocycles. The molecule has 7 atom stereocenters. The molecule has 6 N–H and O–H groups in total. The standard InChI is InChI=1S/C27H34O12/c1-34-18-9-14(10-19(35-2)26(18)36-3)24-16(11-28)15-7-13(8-17(30)25(15)39-24)5-4-6-37-27-23(33)22(32)21(31)20(12-29)38-27/h4-5,7-10,16,20-24,27-33H,6,11-12H2,1-3H3. The van der Waals surface area contributed by atoms with Crippen molar-refractivity contribution in [1.82, 2.24) is 0 Å². The zero-order valence-electron chi connectivity index (χ0n) is 21.8. The number of rotatable bonds is 10.